The zero-order chi connectivity index (χ0) is 21.7. The quantitative estimate of drug-likeness (QED) is 0.272. The van der Waals surface area contributed by atoms with E-state index in [1.807, 2.05) is 0 Å². The van der Waals surface area contributed by atoms with Crippen LogP contribution >= 0.6 is 28.1 Å². The summed E-state index contributed by atoms with van der Waals surface area (Å²) in [6.07, 6.45) is 1.49. The molecule has 2 aromatic carbocycles. The molecule has 11 heteroatoms. The minimum absolute atomic E-state index is 0.0244. The van der Waals surface area contributed by atoms with Gasteiger partial charge in [0.25, 0.3) is 5.69 Å². The molecule has 0 unspecified atom stereocenters. The third kappa shape index (κ3) is 5.67. The molecule has 3 aromatic rings. The van der Waals surface area contributed by atoms with E-state index in [1.165, 1.54) is 36.5 Å². The van der Waals surface area contributed by atoms with E-state index >= 15 is 0 Å². The minimum atomic E-state index is -0.827. The van der Waals surface area contributed by atoms with Gasteiger partial charge in [-0.2, -0.15) is 0 Å². The molecule has 154 valence electrons. The first-order valence-electron chi connectivity index (χ1n) is 8.38. The Labute approximate surface area is 183 Å². The number of hydrogen-bond acceptors (Lipinski definition) is 5. The first-order valence-corrected chi connectivity index (χ1v) is 9.58. The van der Waals surface area contributed by atoms with Crippen molar-refractivity contribution < 1.29 is 18.4 Å². The molecule has 0 aliphatic carbocycles. The zero-order valence-electron chi connectivity index (χ0n) is 15.1. The molecule has 30 heavy (non-hydrogen) atoms. The first kappa shape index (κ1) is 21.5. The number of ether oxygens (including phenoxy) is 1. The van der Waals surface area contributed by atoms with Gasteiger partial charge in [-0.15, -0.1) is 0 Å². The Kier molecular flexibility index (Phi) is 6.85. The van der Waals surface area contributed by atoms with Crippen LogP contribution in [0.5, 0.6) is 11.5 Å². The third-order valence-electron chi connectivity index (χ3n) is 3.76. The molecule has 0 aliphatic heterocycles. The summed E-state index contributed by atoms with van der Waals surface area (Å²) in [7, 11) is 0. The molecule has 0 saturated heterocycles. The van der Waals surface area contributed by atoms with E-state index in [1.54, 1.807) is 6.07 Å². The third-order valence-corrected chi connectivity index (χ3v) is 4.60. The molecule has 2 N–H and O–H groups in total. The number of nitrogens with one attached hydrogen (secondary N) is 2. The van der Waals surface area contributed by atoms with Crippen LogP contribution < -0.4 is 15.4 Å². The van der Waals surface area contributed by atoms with Gasteiger partial charge in [0, 0.05) is 36.1 Å². The Morgan fingerprint density at radius 2 is 1.90 bits per heavy atom. The molecule has 0 bridgehead atoms. The van der Waals surface area contributed by atoms with Crippen LogP contribution in [0.2, 0.25) is 0 Å². The van der Waals surface area contributed by atoms with Crippen LogP contribution in [0.4, 0.5) is 20.2 Å². The summed E-state index contributed by atoms with van der Waals surface area (Å²) in [5.74, 6) is -1.36. The molecule has 7 nitrogen and oxygen atoms in total. The van der Waals surface area contributed by atoms with Crippen molar-refractivity contribution in [3.05, 3.63) is 86.6 Å². The molecule has 0 saturated carbocycles. The number of rotatable bonds is 6. The Bertz CT molecular complexity index is 1100. The van der Waals surface area contributed by atoms with E-state index < -0.39 is 16.6 Å². The van der Waals surface area contributed by atoms with Crippen molar-refractivity contribution in [1.29, 1.82) is 0 Å². The highest BCUT2D eigenvalue weighted by atomic mass is 79.9. The van der Waals surface area contributed by atoms with E-state index in [-0.39, 0.29) is 23.1 Å². The van der Waals surface area contributed by atoms with E-state index in [9.17, 15) is 18.9 Å². The summed E-state index contributed by atoms with van der Waals surface area (Å²) in [6, 6.07) is 10.4. The summed E-state index contributed by atoms with van der Waals surface area (Å²) in [5.41, 5.74) is 1.10. The molecule has 0 atom stereocenters. The van der Waals surface area contributed by atoms with E-state index in [2.05, 4.69) is 31.5 Å². The molecule has 0 aliphatic rings. The van der Waals surface area contributed by atoms with Crippen molar-refractivity contribution in [3.8, 4) is 11.5 Å². The fraction of sp³-hybridized carbons (Fsp3) is 0.0526. The maximum atomic E-state index is 13.8. The topological polar surface area (TPSA) is 89.3 Å². The average Bonchev–Trinajstić information content (AvgIpc) is 2.71. The number of nitro benzene ring substituents is 1. The predicted molar refractivity (Wildman–Crippen MR) is 115 cm³/mol. The number of nitrogens with zero attached hydrogens (tertiary/aromatic N) is 2. The van der Waals surface area contributed by atoms with Crippen LogP contribution in [0.15, 0.2) is 59.2 Å². The van der Waals surface area contributed by atoms with E-state index in [0.717, 1.165) is 12.1 Å². The van der Waals surface area contributed by atoms with Gasteiger partial charge in [-0.3, -0.25) is 15.1 Å². The van der Waals surface area contributed by atoms with Gasteiger partial charge < -0.3 is 15.4 Å². The summed E-state index contributed by atoms with van der Waals surface area (Å²) >= 11 is 8.48. The van der Waals surface area contributed by atoms with Crippen LogP contribution in [0.3, 0.4) is 0 Å². The minimum Gasteiger partial charge on any atom is -0.453 e. The van der Waals surface area contributed by atoms with Gasteiger partial charge >= 0.3 is 0 Å². The summed E-state index contributed by atoms with van der Waals surface area (Å²) < 4.78 is 32.9. The fourth-order valence-electron chi connectivity index (χ4n) is 2.32. The Hall–Kier alpha value is -3.18. The number of pyridine rings is 1. The summed E-state index contributed by atoms with van der Waals surface area (Å²) in [6.45, 7) is 0.231. The van der Waals surface area contributed by atoms with Crippen LogP contribution in [0, 0.1) is 21.7 Å². The Morgan fingerprint density at radius 3 is 2.57 bits per heavy atom. The molecule has 3 rings (SSSR count). The molecule has 0 amide bonds. The highest BCUT2D eigenvalue weighted by molar-refractivity contribution is 9.10. The number of hydrogen-bond donors (Lipinski definition) is 2. The van der Waals surface area contributed by atoms with Crippen LogP contribution in [-0.2, 0) is 6.54 Å². The zero-order valence-corrected chi connectivity index (χ0v) is 17.5. The molecule has 1 heterocycles. The lowest BCUT2D eigenvalue weighted by atomic mass is 10.3. The number of anilines is 1. The van der Waals surface area contributed by atoms with Crippen molar-refractivity contribution in [2.45, 2.75) is 6.54 Å². The van der Waals surface area contributed by atoms with Crippen molar-refractivity contribution >= 4 is 44.6 Å². The molecule has 1 aromatic heterocycles. The van der Waals surface area contributed by atoms with Crippen LogP contribution in [-0.4, -0.2) is 15.0 Å². The first-order chi connectivity index (χ1) is 14.3. The largest absolute Gasteiger partial charge is 0.453 e. The normalized spacial score (nSPS) is 10.4. The Balaban J connectivity index is 1.62. The fourth-order valence-corrected chi connectivity index (χ4v) is 2.81. The molecule has 0 radical (unpaired) electrons. The Morgan fingerprint density at radius 1 is 1.17 bits per heavy atom. The summed E-state index contributed by atoms with van der Waals surface area (Å²) in [4.78, 5) is 14.4. The van der Waals surface area contributed by atoms with Gasteiger partial charge in [-0.25, -0.2) is 8.78 Å². The second-order valence-corrected chi connectivity index (χ2v) is 7.16. The lowest BCUT2D eigenvalue weighted by Crippen LogP contribution is -2.28. The molecule has 0 spiro atoms. The molecular weight excluding hydrogens is 482 g/mol. The van der Waals surface area contributed by atoms with E-state index in [0.29, 0.717) is 21.6 Å². The SMILES string of the molecule is O=[N+]([O-])c1ccc(NC(=S)NCc2cc(Oc3ccc(F)cc3F)c(Br)cn2)cc1. The number of benzene rings is 2. The van der Waals surface area contributed by atoms with Crippen molar-refractivity contribution in [3.63, 3.8) is 0 Å². The van der Waals surface area contributed by atoms with Crippen LogP contribution in [0.1, 0.15) is 5.69 Å². The standard InChI is InChI=1S/C19H13BrF2N4O3S/c20-15-10-23-13(8-18(15)29-17-6-1-11(21)7-16(17)22)9-24-19(30)25-12-2-4-14(5-3-12)26(27)28/h1-8,10H,9H2,(H2,24,25,30). The second kappa shape index (κ2) is 9.55. The number of thiocarbonyl (C=S) groups is 1. The van der Waals surface area contributed by atoms with Crippen molar-refractivity contribution in [1.82, 2.24) is 10.3 Å². The number of halogens is 3. The van der Waals surface area contributed by atoms with E-state index in [4.69, 9.17) is 17.0 Å². The average molecular weight is 495 g/mol. The predicted octanol–water partition coefficient (Wildman–Crippen LogP) is 5.31. The van der Waals surface area contributed by atoms with Gasteiger partial charge in [0.05, 0.1) is 21.6 Å². The highest BCUT2D eigenvalue weighted by Gasteiger charge is 2.11. The van der Waals surface area contributed by atoms with Gasteiger partial charge in [-0.1, -0.05) is 0 Å². The van der Waals surface area contributed by atoms with Gasteiger partial charge in [-0.05, 0) is 52.4 Å². The van der Waals surface area contributed by atoms with Crippen molar-refractivity contribution in [2.24, 2.45) is 0 Å². The number of nitro groups is 1. The monoisotopic (exact) mass is 494 g/mol. The molecular formula is C19H13BrF2N4O3S. The van der Waals surface area contributed by atoms with Gasteiger partial charge in [0.15, 0.2) is 16.7 Å². The summed E-state index contributed by atoms with van der Waals surface area (Å²) in [5, 5.41) is 16.8. The smallest absolute Gasteiger partial charge is 0.269 e. The lowest BCUT2D eigenvalue weighted by molar-refractivity contribution is -0.384. The van der Waals surface area contributed by atoms with Gasteiger partial charge in [0.1, 0.15) is 11.6 Å². The maximum Gasteiger partial charge on any atom is 0.269 e. The van der Waals surface area contributed by atoms with Gasteiger partial charge in [0.2, 0.25) is 0 Å². The van der Waals surface area contributed by atoms with Crippen LogP contribution in [0.25, 0.3) is 0 Å². The number of non-ortho nitro benzene ring substituents is 1. The maximum absolute atomic E-state index is 13.8. The van der Waals surface area contributed by atoms with Crippen molar-refractivity contribution in [2.75, 3.05) is 5.32 Å². The molecule has 0 fully saturated rings. The second-order valence-electron chi connectivity index (χ2n) is 5.89. The lowest BCUT2D eigenvalue weighted by Gasteiger charge is -2.12. The highest BCUT2D eigenvalue weighted by Crippen LogP contribution is 2.31. The number of aromatic nitrogens is 1.